The van der Waals surface area contributed by atoms with E-state index in [2.05, 4.69) is 32.6 Å². The second kappa shape index (κ2) is 4.68. The van der Waals surface area contributed by atoms with Crippen molar-refractivity contribution in [3.63, 3.8) is 0 Å². The number of hydrogen-bond donors (Lipinski definition) is 0. The quantitative estimate of drug-likeness (QED) is 0.685. The van der Waals surface area contributed by atoms with Crippen LogP contribution < -0.4 is 0 Å². The summed E-state index contributed by atoms with van der Waals surface area (Å²) in [5.41, 5.74) is 0.706. The van der Waals surface area contributed by atoms with E-state index in [0.717, 1.165) is 17.9 Å². The third kappa shape index (κ3) is 2.45. The van der Waals surface area contributed by atoms with Crippen LogP contribution in [-0.2, 0) is 0 Å². The highest BCUT2D eigenvalue weighted by molar-refractivity contribution is 4.95. The molecular formula is C15H29N. The Kier molecular flexibility index (Phi) is 3.63. The number of nitrogens with zero attached hydrogens (tertiary/aromatic N) is 1. The molecule has 0 aromatic heterocycles. The summed E-state index contributed by atoms with van der Waals surface area (Å²) in [5.74, 6) is 1.89. The van der Waals surface area contributed by atoms with Gasteiger partial charge in [-0.1, -0.05) is 26.7 Å². The molecule has 0 bridgehead atoms. The van der Waals surface area contributed by atoms with Crippen molar-refractivity contribution in [3.8, 4) is 0 Å². The molecule has 0 aromatic carbocycles. The fraction of sp³-hybridized carbons (Fsp3) is 1.00. The first-order valence-electron chi connectivity index (χ1n) is 7.26. The minimum absolute atomic E-state index is 0.706. The van der Waals surface area contributed by atoms with Gasteiger partial charge in [0.25, 0.3) is 0 Å². The Morgan fingerprint density at radius 3 is 2.44 bits per heavy atom. The van der Waals surface area contributed by atoms with Crippen LogP contribution in [0.4, 0.5) is 0 Å². The van der Waals surface area contributed by atoms with Crippen LogP contribution in [0, 0.1) is 17.3 Å². The minimum atomic E-state index is 0.706. The van der Waals surface area contributed by atoms with Gasteiger partial charge in [-0.2, -0.15) is 0 Å². The van der Waals surface area contributed by atoms with E-state index in [1.54, 1.807) is 0 Å². The Morgan fingerprint density at radius 1 is 1.12 bits per heavy atom. The van der Waals surface area contributed by atoms with E-state index in [1.807, 2.05) is 0 Å². The summed E-state index contributed by atoms with van der Waals surface area (Å²) in [6.07, 6.45) is 7.44. The van der Waals surface area contributed by atoms with Gasteiger partial charge in [-0.3, -0.25) is 0 Å². The standard InChI is InChI=1S/C15H29N/c1-12(2)14-6-5-7-15(10-14)8-9-16(11-15)13(3)4/h12-14H,5-11H2,1-4H3/t14-,15?/m1/s1. The average Bonchev–Trinajstić information content (AvgIpc) is 2.62. The summed E-state index contributed by atoms with van der Waals surface area (Å²) in [5, 5.41) is 0. The summed E-state index contributed by atoms with van der Waals surface area (Å²) in [7, 11) is 0. The van der Waals surface area contributed by atoms with Gasteiger partial charge in [-0.15, -0.1) is 0 Å². The van der Waals surface area contributed by atoms with Crippen LogP contribution in [0.1, 0.15) is 59.8 Å². The van der Waals surface area contributed by atoms with Crippen molar-refractivity contribution in [1.29, 1.82) is 0 Å². The topological polar surface area (TPSA) is 3.24 Å². The lowest BCUT2D eigenvalue weighted by Crippen LogP contribution is -2.36. The van der Waals surface area contributed by atoms with Crippen molar-refractivity contribution in [1.82, 2.24) is 4.90 Å². The molecule has 1 heteroatoms. The van der Waals surface area contributed by atoms with Crippen LogP contribution in [0.5, 0.6) is 0 Å². The molecule has 1 unspecified atom stereocenters. The zero-order valence-electron chi connectivity index (χ0n) is 11.6. The smallest absolute Gasteiger partial charge is 0.00413 e. The first-order chi connectivity index (χ1) is 7.52. The molecule has 0 N–H and O–H groups in total. The van der Waals surface area contributed by atoms with Crippen molar-refractivity contribution < 1.29 is 0 Å². The average molecular weight is 223 g/mol. The van der Waals surface area contributed by atoms with Gasteiger partial charge < -0.3 is 4.90 Å². The summed E-state index contributed by atoms with van der Waals surface area (Å²) < 4.78 is 0. The second-order valence-electron chi connectivity index (χ2n) is 6.91. The van der Waals surface area contributed by atoms with Crippen LogP contribution in [0.2, 0.25) is 0 Å². The third-order valence-corrected chi connectivity index (χ3v) is 5.12. The van der Waals surface area contributed by atoms with Crippen molar-refractivity contribution >= 4 is 0 Å². The van der Waals surface area contributed by atoms with Crippen molar-refractivity contribution in [3.05, 3.63) is 0 Å². The Balaban J connectivity index is 1.98. The number of hydrogen-bond acceptors (Lipinski definition) is 1. The predicted molar refractivity (Wildman–Crippen MR) is 70.6 cm³/mol. The molecule has 1 aliphatic heterocycles. The summed E-state index contributed by atoms with van der Waals surface area (Å²) in [6.45, 7) is 12.3. The minimum Gasteiger partial charge on any atom is -0.300 e. The molecule has 16 heavy (non-hydrogen) atoms. The molecule has 1 nitrogen and oxygen atoms in total. The molecule has 1 saturated carbocycles. The van der Waals surface area contributed by atoms with Gasteiger partial charge in [0.2, 0.25) is 0 Å². The maximum atomic E-state index is 2.70. The maximum Gasteiger partial charge on any atom is 0.00413 e. The molecule has 1 aliphatic carbocycles. The molecule has 0 amide bonds. The van der Waals surface area contributed by atoms with E-state index >= 15 is 0 Å². The summed E-state index contributed by atoms with van der Waals surface area (Å²) in [6, 6.07) is 0.749. The van der Waals surface area contributed by atoms with Gasteiger partial charge in [-0.05, 0) is 56.9 Å². The van der Waals surface area contributed by atoms with Crippen molar-refractivity contribution in [2.75, 3.05) is 13.1 Å². The molecule has 1 heterocycles. The number of likely N-dealkylation sites (tertiary alicyclic amines) is 1. The predicted octanol–water partition coefficient (Wildman–Crippen LogP) is 3.93. The van der Waals surface area contributed by atoms with E-state index in [9.17, 15) is 0 Å². The van der Waals surface area contributed by atoms with Gasteiger partial charge in [-0.25, -0.2) is 0 Å². The van der Waals surface area contributed by atoms with Gasteiger partial charge in [0, 0.05) is 12.6 Å². The lowest BCUT2D eigenvalue weighted by Gasteiger charge is -2.40. The van der Waals surface area contributed by atoms with Crippen LogP contribution in [0.25, 0.3) is 0 Å². The normalized spacial score (nSPS) is 36.8. The highest BCUT2D eigenvalue weighted by atomic mass is 15.2. The maximum absolute atomic E-state index is 2.70. The molecule has 2 aliphatic rings. The molecule has 1 saturated heterocycles. The Bertz CT molecular complexity index is 234. The van der Waals surface area contributed by atoms with E-state index in [1.165, 1.54) is 45.2 Å². The number of rotatable bonds is 2. The molecule has 0 radical (unpaired) electrons. The zero-order chi connectivity index (χ0) is 11.8. The lowest BCUT2D eigenvalue weighted by atomic mass is 9.66. The highest BCUT2D eigenvalue weighted by Gasteiger charge is 2.42. The van der Waals surface area contributed by atoms with E-state index in [0.29, 0.717) is 5.41 Å². The Hall–Kier alpha value is -0.0400. The first kappa shape index (κ1) is 12.4. The van der Waals surface area contributed by atoms with Gasteiger partial charge >= 0.3 is 0 Å². The van der Waals surface area contributed by atoms with Crippen LogP contribution >= 0.6 is 0 Å². The molecule has 0 aromatic rings. The summed E-state index contributed by atoms with van der Waals surface area (Å²) >= 11 is 0. The van der Waals surface area contributed by atoms with Gasteiger partial charge in [0.05, 0.1) is 0 Å². The first-order valence-corrected chi connectivity index (χ1v) is 7.26. The zero-order valence-corrected chi connectivity index (χ0v) is 11.6. The lowest BCUT2D eigenvalue weighted by molar-refractivity contribution is 0.110. The Morgan fingerprint density at radius 2 is 1.88 bits per heavy atom. The van der Waals surface area contributed by atoms with E-state index in [-0.39, 0.29) is 0 Å². The molecule has 1 spiro atoms. The van der Waals surface area contributed by atoms with Crippen molar-refractivity contribution in [2.45, 2.75) is 65.8 Å². The molecule has 2 atom stereocenters. The fourth-order valence-corrected chi connectivity index (χ4v) is 3.85. The van der Waals surface area contributed by atoms with Crippen LogP contribution in [0.15, 0.2) is 0 Å². The van der Waals surface area contributed by atoms with Crippen molar-refractivity contribution in [2.24, 2.45) is 17.3 Å². The van der Waals surface area contributed by atoms with Crippen LogP contribution in [-0.4, -0.2) is 24.0 Å². The molecular weight excluding hydrogens is 194 g/mol. The third-order valence-electron chi connectivity index (χ3n) is 5.12. The van der Waals surface area contributed by atoms with E-state index in [4.69, 9.17) is 0 Å². The monoisotopic (exact) mass is 223 g/mol. The SMILES string of the molecule is CC(C)[C@@H]1CCCC2(CCN(C(C)C)C2)C1. The summed E-state index contributed by atoms with van der Waals surface area (Å²) in [4.78, 5) is 2.70. The fourth-order valence-electron chi connectivity index (χ4n) is 3.85. The molecule has 2 fully saturated rings. The molecule has 2 rings (SSSR count). The van der Waals surface area contributed by atoms with E-state index < -0.39 is 0 Å². The largest absolute Gasteiger partial charge is 0.300 e. The van der Waals surface area contributed by atoms with Gasteiger partial charge in [0.15, 0.2) is 0 Å². The van der Waals surface area contributed by atoms with Crippen LogP contribution in [0.3, 0.4) is 0 Å². The molecule has 94 valence electrons. The second-order valence-corrected chi connectivity index (χ2v) is 6.91. The Labute approximate surface area is 102 Å². The van der Waals surface area contributed by atoms with Gasteiger partial charge in [0.1, 0.15) is 0 Å². The highest BCUT2D eigenvalue weighted by Crippen LogP contribution is 2.48.